The Morgan fingerprint density at radius 2 is 2.28 bits per heavy atom. The molecular weight excluding hydrogens is 299 g/mol. The van der Waals surface area contributed by atoms with Gasteiger partial charge in [0.25, 0.3) is 0 Å². The van der Waals surface area contributed by atoms with Crippen LogP contribution in [0.4, 0.5) is 4.39 Å². The number of benzene rings is 1. The first-order valence-electron chi connectivity index (χ1n) is 6.12. The average Bonchev–Trinajstić information content (AvgIpc) is 2.56. The second-order valence-corrected chi connectivity index (χ2v) is 5.32. The van der Waals surface area contributed by atoms with E-state index in [1.54, 1.807) is 12.1 Å². The van der Waals surface area contributed by atoms with Gasteiger partial charge in [-0.3, -0.25) is 4.79 Å². The standard InChI is InChI=1S/C13H16BrFN2O/c14-10-7-9(4-5-11(10)15)8-17-12-3-1-2-6-16-13(12)18/h4-5,7,12,17H,1-3,6,8H2,(H,16,18). The summed E-state index contributed by atoms with van der Waals surface area (Å²) in [4.78, 5) is 11.7. The average molecular weight is 315 g/mol. The number of halogens is 2. The molecule has 1 atom stereocenters. The maximum atomic E-state index is 13.1. The molecule has 3 nitrogen and oxygen atoms in total. The van der Waals surface area contributed by atoms with E-state index in [1.165, 1.54) is 6.07 Å². The lowest BCUT2D eigenvalue weighted by Gasteiger charge is -2.15. The summed E-state index contributed by atoms with van der Waals surface area (Å²) in [5.41, 5.74) is 0.959. The highest BCUT2D eigenvalue weighted by molar-refractivity contribution is 9.10. The predicted octanol–water partition coefficient (Wildman–Crippen LogP) is 2.35. The zero-order valence-corrected chi connectivity index (χ0v) is 11.6. The minimum absolute atomic E-state index is 0.0636. The molecule has 0 aliphatic carbocycles. The van der Waals surface area contributed by atoms with Crippen molar-refractivity contribution in [1.82, 2.24) is 10.6 Å². The molecular formula is C13H16BrFN2O. The summed E-state index contributed by atoms with van der Waals surface area (Å²) in [5, 5.41) is 6.10. The van der Waals surface area contributed by atoms with Crippen LogP contribution >= 0.6 is 15.9 Å². The number of nitrogens with one attached hydrogen (secondary N) is 2. The van der Waals surface area contributed by atoms with E-state index in [4.69, 9.17) is 0 Å². The van der Waals surface area contributed by atoms with Crippen molar-refractivity contribution in [3.63, 3.8) is 0 Å². The van der Waals surface area contributed by atoms with Gasteiger partial charge in [-0.25, -0.2) is 4.39 Å². The summed E-state index contributed by atoms with van der Waals surface area (Å²) in [6.07, 6.45) is 2.93. The maximum Gasteiger partial charge on any atom is 0.237 e. The number of hydrogen-bond donors (Lipinski definition) is 2. The molecule has 1 amide bonds. The first-order chi connectivity index (χ1) is 8.66. The molecule has 1 aromatic rings. The van der Waals surface area contributed by atoms with Crippen LogP contribution in [-0.2, 0) is 11.3 Å². The number of hydrogen-bond acceptors (Lipinski definition) is 2. The highest BCUT2D eigenvalue weighted by atomic mass is 79.9. The van der Waals surface area contributed by atoms with E-state index >= 15 is 0 Å². The van der Waals surface area contributed by atoms with Crippen LogP contribution in [0, 0.1) is 5.82 Å². The Bertz CT molecular complexity index is 439. The molecule has 1 heterocycles. The fraction of sp³-hybridized carbons (Fsp3) is 0.462. The fourth-order valence-corrected chi connectivity index (χ4v) is 2.45. The van der Waals surface area contributed by atoms with Crippen LogP contribution in [0.1, 0.15) is 24.8 Å². The Morgan fingerprint density at radius 1 is 1.44 bits per heavy atom. The van der Waals surface area contributed by atoms with Gasteiger partial charge in [0.15, 0.2) is 0 Å². The van der Waals surface area contributed by atoms with Gasteiger partial charge in [-0.05, 0) is 52.9 Å². The molecule has 1 fully saturated rings. The highest BCUT2D eigenvalue weighted by Crippen LogP contribution is 2.17. The summed E-state index contributed by atoms with van der Waals surface area (Å²) in [6, 6.07) is 4.74. The Morgan fingerprint density at radius 3 is 3.06 bits per heavy atom. The smallest absolute Gasteiger partial charge is 0.237 e. The first-order valence-corrected chi connectivity index (χ1v) is 6.91. The molecule has 98 valence electrons. The van der Waals surface area contributed by atoms with Gasteiger partial charge in [-0.1, -0.05) is 6.07 Å². The van der Waals surface area contributed by atoms with Crippen LogP contribution in [-0.4, -0.2) is 18.5 Å². The molecule has 0 bridgehead atoms. The zero-order chi connectivity index (χ0) is 13.0. The number of carbonyl (C=O) groups is 1. The normalized spacial score (nSPS) is 20.3. The van der Waals surface area contributed by atoms with E-state index in [1.807, 2.05) is 0 Å². The van der Waals surface area contributed by atoms with E-state index in [9.17, 15) is 9.18 Å². The van der Waals surface area contributed by atoms with Gasteiger partial charge < -0.3 is 10.6 Å². The van der Waals surface area contributed by atoms with Crippen molar-refractivity contribution in [2.75, 3.05) is 6.54 Å². The SMILES string of the molecule is O=C1NCCCCC1NCc1ccc(F)c(Br)c1. The summed E-state index contributed by atoms with van der Waals surface area (Å²) >= 11 is 3.15. The lowest BCUT2D eigenvalue weighted by molar-refractivity contribution is -0.122. The third-order valence-corrected chi connectivity index (χ3v) is 3.68. The summed E-state index contributed by atoms with van der Waals surface area (Å²) in [5.74, 6) is -0.209. The molecule has 1 unspecified atom stereocenters. The lowest BCUT2D eigenvalue weighted by Crippen LogP contribution is -2.42. The molecule has 0 radical (unpaired) electrons. The van der Waals surface area contributed by atoms with Crippen LogP contribution in [0.2, 0.25) is 0 Å². The molecule has 18 heavy (non-hydrogen) atoms. The van der Waals surface area contributed by atoms with Crippen molar-refractivity contribution in [3.8, 4) is 0 Å². The van der Waals surface area contributed by atoms with Crippen molar-refractivity contribution in [1.29, 1.82) is 0 Å². The molecule has 1 aromatic carbocycles. The lowest BCUT2D eigenvalue weighted by atomic mass is 10.1. The van der Waals surface area contributed by atoms with Crippen molar-refractivity contribution in [2.24, 2.45) is 0 Å². The number of rotatable bonds is 3. The van der Waals surface area contributed by atoms with Gasteiger partial charge in [-0.2, -0.15) is 0 Å². The van der Waals surface area contributed by atoms with Crippen molar-refractivity contribution in [3.05, 3.63) is 34.1 Å². The third-order valence-electron chi connectivity index (χ3n) is 3.07. The summed E-state index contributed by atoms with van der Waals surface area (Å²) in [7, 11) is 0. The highest BCUT2D eigenvalue weighted by Gasteiger charge is 2.19. The molecule has 0 spiro atoms. The largest absolute Gasteiger partial charge is 0.355 e. The summed E-state index contributed by atoms with van der Waals surface area (Å²) < 4.78 is 13.5. The molecule has 2 N–H and O–H groups in total. The second-order valence-electron chi connectivity index (χ2n) is 4.47. The van der Waals surface area contributed by atoms with Crippen LogP contribution in [0.3, 0.4) is 0 Å². The van der Waals surface area contributed by atoms with Gasteiger partial charge in [0.2, 0.25) is 5.91 Å². The predicted molar refractivity (Wildman–Crippen MR) is 71.6 cm³/mol. The minimum atomic E-state index is -0.272. The Hall–Kier alpha value is -0.940. The number of carbonyl (C=O) groups excluding carboxylic acids is 1. The molecule has 0 aromatic heterocycles. The van der Waals surface area contributed by atoms with Crippen molar-refractivity contribution < 1.29 is 9.18 Å². The molecule has 1 saturated heterocycles. The van der Waals surface area contributed by atoms with Crippen LogP contribution < -0.4 is 10.6 Å². The van der Waals surface area contributed by atoms with Crippen molar-refractivity contribution in [2.45, 2.75) is 31.8 Å². The molecule has 0 saturated carbocycles. The fourth-order valence-electron chi connectivity index (χ4n) is 2.02. The van der Waals surface area contributed by atoms with Gasteiger partial charge >= 0.3 is 0 Å². The topological polar surface area (TPSA) is 41.1 Å². The molecule has 5 heteroatoms. The number of amides is 1. The van der Waals surface area contributed by atoms with Gasteiger partial charge in [0.1, 0.15) is 5.82 Å². The van der Waals surface area contributed by atoms with Crippen LogP contribution in [0.25, 0.3) is 0 Å². The summed E-state index contributed by atoms with van der Waals surface area (Å²) in [6.45, 7) is 1.33. The van der Waals surface area contributed by atoms with Crippen LogP contribution in [0.15, 0.2) is 22.7 Å². The quantitative estimate of drug-likeness (QED) is 0.899. The molecule has 2 rings (SSSR count). The monoisotopic (exact) mass is 314 g/mol. The van der Waals surface area contributed by atoms with E-state index in [0.29, 0.717) is 11.0 Å². The van der Waals surface area contributed by atoms with E-state index < -0.39 is 0 Å². The van der Waals surface area contributed by atoms with E-state index in [-0.39, 0.29) is 17.8 Å². The van der Waals surface area contributed by atoms with Crippen molar-refractivity contribution >= 4 is 21.8 Å². The molecule has 1 aliphatic rings. The Labute approximate surface area is 114 Å². The first kappa shape index (κ1) is 13.5. The van der Waals surface area contributed by atoms with Gasteiger partial charge in [0.05, 0.1) is 10.5 Å². The Kier molecular flexibility index (Phi) is 4.72. The van der Waals surface area contributed by atoms with Gasteiger partial charge in [0, 0.05) is 13.1 Å². The zero-order valence-electron chi connectivity index (χ0n) is 10.0. The van der Waals surface area contributed by atoms with E-state index in [2.05, 4.69) is 26.6 Å². The Balaban J connectivity index is 1.93. The van der Waals surface area contributed by atoms with Crippen LogP contribution in [0.5, 0.6) is 0 Å². The third kappa shape index (κ3) is 3.53. The molecule has 1 aliphatic heterocycles. The maximum absolute atomic E-state index is 13.1. The second kappa shape index (κ2) is 6.29. The van der Waals surface area contributed by atoms with E-state index in [0.717, 1.165) is 31.4 Å². The minimum Gasteiger partial charge on any atom is -0.355 e. The van der Waals surface area contributed by atoms with Gasteiger partial charge in [-0.15, -0.1) is 0 Å².